The Labute approximate surface area is 240 Å². The largest absolute Gasteiger partial charge is 0.497 e. The first kappa shape index (κ1) is 27.8. The van der Waals surface area contributed by atoms with Gasteiger partial charge in [0, 0.05) is 38.1 Å². The number of imidazole rings is 1. The lowest BCUT2D eigenvalue weighted by Gasteiger charge is -2.16. The summed E-state index contributed by atoms with van der Waals surface area (Å²) >= 11 is 5.82. The van der Waals surface area contributed by atoms with Gasteiger partial charge in [0.05, 0.1) is 12.7 Å². The summed E-state index contributed by atoms with van der Waals surface area (Å²) in [6.45, 7) is 2.54. The molecule has 1 aromatic carbocycles. The fourth-order valence-corrected chi connectivity index (χ4v) is 4.60. The molecule has 0 aliphatic heterocycles. The van der Waals surface area contributed by atoms with Crippen molar-refractivity contribution in [1.82, 2.24) is 29.1 Å². The molecule has 210 valence electrons. The molecular formula is C29H28ClN7O4. The number of hydrogen-bond acceptors (Lipinski definition) is 7. The zero-order valence-corrected chi connectivity index (χ0v) is 23.6. The summed E-state index contributed by atoms with van der Waals surface area (Å²) in [5.41, 5.74) is 1.68. The lowest BCUT2D eigenvalue weighted by atomic mass is 10.1. The number of ether oxygens (including phenoxy) is 1. The Hall–Kier alpha value is -4.77. The minimum atomic E-state index is -0.419. The highest BCUT2D eigenvalue weighted by atomic mass is 35.5. The summed E-state index contributed by atoms with van der Waals surface area (Å²) in [7, 11) is 3.22. The average Bonchev–Trinajstić information content (AvgIpc) is 3.45. The number of anilines is 1. The van der Waals surface area contributed by atoms with Crippen LogP contribution in [-0.4, -0.2) is 49.1 Å². The number of carbonyl (C=O) groups is 1. The molecule has 0 aliphatic carbocycles. The van der Waals surface area contributed by atoms with Gasteiger partial charge in [0.2, 0.25) is 0 Å². The maximum Gasteiger partial charge on any atom is 0.332 e. The number of aryl methyl sites for hydroxylation is 2. The number of pyridine rings is 2. The number of nitrogens with zero attached hydrogens (tertiary/aromatic N) is 6. The van der Waals surface area contributed by atoms with Crippen LogP contribution in [0.4, 0.5) is 5.82 Å². The van der Waals surface area contributed by atoms with Crippen molar-refractivity contribution in [2.45, 2.75) is 32.9 Å². The number of halogens is 1. The van der Waals surface area contributed by atoms with E-state index >= 15 is 0 Å². The van der Waals surface area contributed by atoms with Gasteiger partial charge in [0.25, 0.3) is 11.5 Å². The summed E-state index contributed by atoms with van der Waals surface area (Å²) in [6.07, 6.45) is 4.15. The molecule has 12 heteroatoms. The maximum atomic E-state index is 13.4. The average molecular weight is 574 g/mol. The standard InChI is InChI=1S/C29H28ClN7O4/c1-4-14-37-28(39)24-26(36(29(37)40)15-13-18-5-9-21(41-3)10-6-18)34-25(33-24)19-8-12-23(32-16-19)35(2)27(38)20-7-11-22(30)31-17-20/h5-12,16-17H,4,13-15H2,1-3H3,(H,33,34). The van der Waals surface area contributed by atoms with Crippen LogP contribution >= 0.6 is 11.6 Å². The predicted molar refractivity (Wildman–Crippen MR) is 157 cm³/mol. The highest BCUT2D eigenvalue weighted by molar-refractivity contribution is 6.29. The number of methoxy groups -OCH3 is 1. The molecule has 0 saturated heterocycles. The molecule has 0 unspecified atom stereocenters. The van der Waals surface area contributed by atoms with E-state index < -0.39 is 11.2 Å². The van der Waals surface area contributed by atoms with Crippen LogP contribution in [0.5, 0.6) is 5.75 Å². The van der Waals surface area contributed by atoms with E-state index in [0.717, 1.165) is 11.3 Å². The summed E-state index contributed by atoms with van der Waals surface area (Å²) in [6, 6.07) is 14.2. The van der Waals surface area contributed by atoms with Crippen molar-refractivity contribution in [1.29, 1.82) is 0 Å². The predicted octanol–water partition coefficient (Wildman–Crippen LogP) is 3.93. The lowest BCUT2D eigenvalue weighted by molar-refractivity contribution is 0.0992. The van der Waals surface area contributed by atoms with E-state index in [2.05, 4.69) is 19.9 Å². The quantitative estimate of drug-likeness (QED) is 0.265. The van der Waals surface area contributed by atoms with Crippen LogP contribution in [0.15, 0.2) is 70.5 Å². The van der Waals surface area contributed by atoms with Gasteiger partial charge in [0.1, 0.15) is 28.1 Å². The van der Waals surface area contributed by atoms with E-state index in [4.69, 9.17) is 16.3 Å². The fraction of sp³-hybridized carbons (Fsp3) is 0.241. The Morgan fingerprint density at radius 2 is 1.78 bits per heavy atom. The third kappa shape index (κ3) is 5.62. The Kier molecular flexibility index (Phi) is 7.97. The number of benzene rings is 1. The molecule has 5 rings (SSSR count). The number of amides is 1. The van der Waals surface area contributed by atoms with E-state index in [9.17, 15) is 14.4 Å². The normalized spacial score (nSPS) is 11.1. The van der Waals surface area contributed by atoms with Crippen molar-refractivity contribution in [3.05, 3.63) is 98.0 Å². The zero-order chi connectivity index (χ0) is 29.1. The molecule has 0 saturated carbocycles. The lowest BCUT2D eigenvalue weighted by Crippen LogP contribution is -2.40. The van der Waals surface area contributed by atoms with Crippen LogP contribution < -0.4 is 20.9 Å². The van der Waals surface area contributed by atoms with Gasteiger partial charge in [-0.05, 0) is 54.8 Å². The second-order valence-corrected chi connectivity index (χ2v) is 9.80. The topological polar surface area (TPSA) is 128 Å². The van der Waals surface area contributed by atoms with Crippen LogP contribution in [0.2, 0.25) is 5.15 Å². The van der Waals surface area contributed by atoms with Crippen LogP contribution in [0.1, 0.15) is 29.3 Å². The van der Waals surface area contributed by atoms with Gasteiger partial charge in [-0.2, -0.15) is 0 Å². The van der Waals surface area contributed by atoms with E-state index in [1.165, 1.54) is 20.2 Å². The van der Waals surface area contributed by atoms with Gasteiger partial charge in [-0.25, -0.2) is 19.7 Å². The Morgan fingerprint density at radius 3 is 2.41 bits per heavy atom. The monoisotopic (exact) mass is 573 g/mol. The van der Waals surface area contributed by atoms with Crippen LogP contribution in [-0.2, 0) is 19.5 Å². The van der Waals surface area contributed by atoms with Gasteiger partial charge in [-0.3, -0.25) is 23.6 Å². The van der Waals surface area contributed by atoms with E-state index in [-0.39, 0.29) is 17.1 Å². The minimum absolute atomic E-state index is 0.245. The number of aromatic nitrogens is 6. The molecule has 0 bridgehead atoms. The van der Waals surface area contributed by atoms with Crippen molar-refractivity contribution in [3.8, 4) is 17.1 Å². The third-order valence-corrected chi connectivity index (χ3v) is 6.96. The highest BCUT2D eigenvalue weighted by Gasteiger charge is 2.19. The number of nitrogens with one attached hydrogen (secondary N) is 1. The van der Waals surface area contributed by atoms with E-state index in [1.54, 1.807) is 44.6 Å². The second-order valence-electron chi connectivity index (χ2n) is 9.41. The zero-order valence-electron chi connectivity index (χ0n) is 22.8. The first-order valence-corrected chi connectivity index (χ1v) is 13.4. The number of hydrogen-bond donors (Lipinski definition) is 1. The molecule has 0 spiro atoms. The Bertz CT molecular complexity index is 1810. The first-order valence-electron chi connectivity index (χ1n) is 13.0. The first-order chi connectivity index (χ1) is 19.8. The highest BCUT2D eigenvalue weighted by Crippen LogP contribution is 2.21. The van der Waals surface area contributed by atoms with Crippen molar-refractivity contribution >= 4 is 34.5 Å². The van der Waals surface area contributed by atoms with Crippen molar-refractivity contribution in [2.24, 2.45) is 0 Å². The van der Waals surface area contributed by atoms with Crippen LogP contribution in [0.25, 0.3) is 22.6 Å². The molecule has 0 atom stereocenters. The summed E-state index contributed by atoms with van der Waals surface area (Å²) < 4.78 is 8.00. The molecule has 11 nitrogen and oxygen atoms in total. The molecule has 0 fully saturated rings. The van der Waals surface area contributed by atoms with Gasteiger partial charge in [0.15, 0.2) is 5.65 Å². The van der Waals surface area contributed by atoms with Gasteiger partial charge in [-0.15, -0.1) is 0 Å². The van der Waals surface area contributed by atoms with Crippen molar-refractivity contribution in [2.75, 3.05) is 19.1 Å². The molecule has 0 aliphatic rings. The Morgan fingerprint density at radius 1 is 1.00 bits per heavy atom. The number of H-pyrrole nitrogens is 1. The summed E-state index contributed by atoms with van der Waals surface area (Å²) in [5, 5.41) is 0.296. The van der Waals surface area contributed by atoms with Crippen molar-refractivity contribution in [3.63, 3.8) is 0 Å². The molecule has 5 aromatic rings. The molecule has 1 amide bonds. The van der Waals surface area contributed by atoms with Gasteiger partial charge in [-0.1, -0.05) is 30.7 Å². The van der Waals surface area contributed by atoms with E-state index in [0.29, 0.717) is 53.9 Å². The molecular weight excluding hydrogens is 546 g/mol. The fourth-order valence-electron chi connectivity index (χ4n) is 4.48. The smallest absolute Gasteiger partial charge is 0.332 e. The van der Waals surface area contributed by atoms with Crippen LogP contribution in [0.3, 0.4) is 0 Å². The summed E-state index contributed by atoms with van der Waals surface area (Å²) in [4.78, 5) is 57.0. The van der Waals surface area contributed by atoms with Gasteiger partial charge >= 0.3 is 5.69 Å². The number of fused-ring (bicyclic) bond motifs is 1. The minimum Gasteiger partial charge on any atom is -0.497 e. The maximum absolute atomic E-state index is 13.4. The number of carbonyl (C=O) groups excluding carboxylic acids is 1. The van der Waals surface area contributed by atoms with Crippen LogP contribution in [0, 0.1) is 0 Å². The molecule has 41 heavy (non-hydrogen) atoms. The molecule has 0 radical (unpaired) electrons. The number of aromatic amines is 1. The van der Waals surface area contributed by atoms with Gasteiger partial charge < -0.3 is 9.72 Å². The number of rotatable bonds is 9. The SMILES string of the molecule is CCCn1c(=O)c2[nH]c(-c3ccc(N(C)C(=O)c4ccc(Cl)nc4)nc3)nc2n(CCc2ccc(OC)cc2)c1=O. The second kappa shape index (κ2) is 11.8. The Balaban J connectivity index is 1.47. The van der Waals surface area contributed by atoms with E-state index in [1.807, 2.05) is 31.2 Å². The molecule has 1 N–H and O–H groups in total. The van der Waals surface area contributed by atoms with Crippen molar-refractivity contribution < 1.29 is 9.53 Å². The summed E-state index contributed by atoms with van der Waals surface area (Å²) in [5.74, 6) is 1.25. The molecule has 4 aromatic heterocycles. The third-order valence-electron chi connectivity index (χ3n) is 6.74. The molecule has 4 heterocycles.